The molecule has 5 nitrogen and oxygen atoms in total. The number of rotatable bonds is 3. The molecular weight excluding hydrogens is 204 g/mol. The summed E-state index contributed by atoms with van der Waals surface area (Å²) in [6.45, 7) is 0. The normalized spacial score (nSPS) is 23.6. The molecule has 0 bridgehead atoms. The fourth-order valence-electron chi connectivity index (χ4n) is 1.83. The van der Waals surface area contributed by atoms with Crippen molar-refractivity contribution in [3.63, 3.8) is 0 Å². The molecule has 2 aliphatic rings. The molecular formula is C11H14N4O. The Hall–Kier alpha value is -1.49. The maximum atomic E-state index is 11.9. The molecule has 0 aromatic carbocycles. The molecule has 1 heterocycles. The van der Waals surface area contributed by atoms with E-state index in [4.69, 9.17) is 5.73 Å². The van der Waals surface area contributed by atoms with Gasteiger partial charge in [-0.25, -0.2) is 0 Å². The molecule has 1 aromatic rings. The summed E-state index contributed by atoms with van der Waals surface area (Å²) in [5.41, 5.74) is 5.79. The number of aromatic nitrogens is 2. The van der Waals surface area contributed by atoms with E-state index in [9.17, 15) is 4.79 Å². The van der Waals surface area contributed by atoms with E-state index < -0.39 is 5.54 Å². The smallest absolute Gasteiger partial charge is 0.240 e. The van der Waals surface area contributed by atoms with Crippen molar-refractivity contribution >= 4 is 5.91 Å². The van der Waals surface area contributed by atoms with Gasteiger partial charge < -0.3 is 11.1 Å². The number of amides is 1. The van der Waals surface area contributed by atoms with Crippen LogP contribution in [-0.4, -0.2) is 21.6 Å². The Morgan fingerprint density at radius 3 is 2.62 bits per heavy atom. The lowest BCUT2D eigenvalue weighted by Gasteiger charge is -2.18. The van der Waals surface area contributed by atoms with Crippen LogP contribution in [0, 0.1) is 0 Å². The van der Waals surface area contributed by atoms with Gasteiger partial charge >= 0.3 is 0 Å². The maximum Gasteiger partial charge on any atom is 0.240 e. The second-order valence-electron chi connectivity index (χ2n) is 4.80. The highest BCUT2D eigenvalue weighted by molar-refractivity contribution is 5.89. The predicted octanol–water partition coefficient (Wildman–Crippen LogP) is 0.0732. The Kier molecular flexibility index (Phi) is 1.83. The summed E-state index contributed by atoms with van der Waals surface area (Å²) >= 11 is 0. The minimum absolute atomic E-state index is 0.0457. The molecule has 2 aliphatic carbocycles. The highest BCUT2D eigenvalue weighted by atomic mass is 16.2. The molecule has 1 aromatic heterocycles. The lowest BCUT2D eigenvalue weighted by atomic mass is 10.1. The van der Waals surface area contributed by atoms with Crippen LogP contribution in [0.15, 0.2) is 18.3 Å². The van der Waals surface area contributed by atoms with Gasteiger partial charge in [-0.3, -0.25) is 4.79 Å². The van der Waals surface area contributed by atoms with Crippen molar-refractivity contribution in [1.82, 2.24) is 15.5 Å². The van der Waals surface area contributed by atoms with Crippen LogP contribution >= 0.6 is 0 Å². The number of carbonyl (C=O) groups excluding carboxylic acids is 1. The van der Waals surface area contributed by atoms with Gasteiger partial charge in [0, 0.05) is 6.20 Å². The van der Waals surface area contributed by atoms with E-state index in [-0.39, 0.29) is 11.4 Å². The van der Waals surface area contributed by atoms with E-state index in [1.54, 1.807) is 6.20 Å². The highest BCUT2D eigenvalue weighted by Gasteiger charge is 2.53. The summed E-state index contributed by atoms with van der Waals surface area (Å²) in [4.78, 5) is 11.9. The van der Waals surface area contributed by atoms with Crippen molar-refractivity contribution < 1.29 is 4.79 Å². The molecule has 1 amide bonds. The van der Waals surface area contributed by atoms with Crippen molar-refractivity contribution in [3.05, 3.63) is 24.0 Å². The zero-order valence-corrected chi connectivity index (χ0v) is 8.94. The van der Waals surface area contributed by atoms with Crippen LogP contribution in [0.3, 0.4) is 0 Å². The minimum atomic E-state index is -0.613. The van der Waals surface area contributed by atoms with Gasteiger partial charge in [-0.05, 0) is 37.8 Å². The standard InChI is InChI=1S/C11H14N4O/c12-10(3-4-10)9(16)14-11(5-6-11)8-2-1-7-13-15-8/h1-2,7H,3-6,12H2,(H,14,16). The highest BCUT2D eigenvalue weighted by Crippen LogP contribution is 2.45. The van der Waals surface area contributed by atoms with Crippen LogP contribution in [0.25, 0.3) is 0 Å². The number of nitrogens with two attached hydrogens (primary N) is 1. The fraction of sp³-hybridized carbons (Fsp3) is 0.545. The molecule has 2 fully saturated rings. The largest absolute Gasteiger partial charge is 0.343 e. The third kappa shape index (κ3) is 1.48. The van der Waals surface area contributed by atoms with Gasteiger partial charge in [-0.2, -0.15) is 10.2 Å². The van der Waals surface area contributed by atoms with E-state index in [0.29, 0.717) is 0 Å². The number of hydrogen-bond acceptors (Lipinski definition) is 4. The van der Waals surface area contributed by atoms with Crippen LogP contribution in [0.2, 0.25) is 0 Å². The van der Waals surface area contributed by atoms with Crippen LogP contribution in [0.4, 0.5) is 0 Å². The SMILES string of the molecule is NC1(C(=O)NC2(c3cccnn3)CC2)CC1. The topological polar surface area (TPSA) is 80.9 Å². The third-order valence-electron chi connectivity index (χ3n) is 3.41. The van der Waals surface area contributed by atoms with Crippen molar-refractivity contribution in [2.45, 2.75) is 36.8 Å². The van der Waals surface area contributed by atoms with Crippen molar-refractivity contribution in [1.29, 1.82) is 0 Å². The van der Waals surface area contributed by atoms with Crippen LogP contribution < -0.4 is 11.1 Å². The molecule has 16 heavy (non-hydrogen) atoms. The Bertz CT molecular complexity index is 423. The first-order valence-corrected chi connectivity index (χ1v) is 5.54. The van der Waals surface area contributed by atoms with Crippen molar-refractivity contribution in [2.75, 3.05) is 0 Å². The lowest BCUT2D eigenvalue weighted by Crippen LogP contribution is -2.47. The summed E-state index contributed by atoms with van der Waals surface area (Å²) < 4.78 is 0. The van der Waals surface area contributed by atoms with Gasteiger partial charge in [0.15, 0.2) is 0 Å². The van der Waals surface area contributed by atoms with Gasteiger partial charge in [0.2, 0.25) is 5.91 Å². The first-order valence-electron chi connectivity index (χ1n) is 5.54. The van der Waals surface area contributed by atoms with Crippen molar-refractivity contribution in [2.24, 2.45) is 5.73 Å². The van der Waals surface area contributed by atoms with Gasteiger partial charge in [0.1, 0.15) is 0 Å². The number of nitrogens with one attached hydrogen (secondary N) is 1. The number of carbonyl (C=O) groups is 1. The van der Waals surface area contributed by atoms with Crippen LogP contribution in [0.1, 0.15) is 31.4 Å². The van der Waals surface area contributed by atoms with Gasteiger partial charge in [-0.15, -0.1) is 0 Å². The zero-order valence-electron chi connectivity index (χ0n) is 8.94. The molecule has 5 heteroatoms. The van der Waals surface area contributed by atoms with E-state index in [1.165, 1.54) is 0 Å². The molecule has 0 aliphatic heterocycles. The third-order valence-corrected chi connectivity index (χ3v) is 3.41. The molecule has 0 atom stereocenters. The molecule has 0 unspecified atom stereocenters. The summed E-state index contributed by atoms with van der Waals surface area (Å²) in [5, 5.41) is 10.9. The number of hydrogen-bond donors (Lipinski definition) is 2. The summed E-state index contributed by atoms with van der Waals surface area (Å²) in [7, 11) is 0. The van der Waals surface area contributed by atoms with Gasteiger partial charge in [0.25, 0.3) is 0 Å². The second kappa shape index (κ2) is 3.01. The Balaban J connectivity index is 1.77. The molecule has 0 saturated heterocycles. The van der Waals surface area contributed by atoms with E-state index in [2.05, 4.69) is 15.5 Å². The summed E-state index contributed by atoms with van der Waals surface area (Å²) in [5.74, 6) is -0.0457. The minimum Gasteiger partial charge on any atom is -0.343 e. The van der Waals surface area contributed by atoms with Crippen LogP contribution in [0.5, 0.6) is 0 Å². The van der Waals surface area contributed by atoms with Crippen LogP contribution in [-0.2, 0) is 10.3 Å². The molecule has 0 spiro atoms. The van der Waals surface area contributed by atoms with E-state index in [0.717, 1.165) is 31.4 Å². The van der Waals surface area contributed by atoms with E-state index >= 15 is 0 Å². The first-order chi connectivity index (χ1) is 7.65. The Labute approximate surface area is 93.4 Å². The molecule has 0 radical (unpaired) electrons. The number of nitrogens with zero attached hydrogens (tertiary/aromatic N) is 2. The molecule has 3 rings (SSSR count). The Morgan fingerprint density at radius 2 is 2.12 bits per heavy atom. The Morgan fingerprint density at radius 1 is 1.38 bits per heavy atom. The molecule has 2 saturated carbocycles. The average molecular weight is 218 g/mol. The van der Waals surface area contributed by atoms with E-state index in [1.807, 2.05) is 12.1 Å². The van der Waals surface area contributed by atoms with Crippen molar-refractivity contribution in [3.8, 4) is 0 Å². The molecule has 3 N–H and O–H groups in total. The molecule has 84 valence electrons. The summed E-state index contributed by atoms with van der Waals surface area (Å²) in [6, 6.07) is 3.74. The predicted molar refractivity (Wildman–Crippen MR) is 57.2 cm³/mol. The van der Waals surface area contributed by atoms with Gasteiger partial charge in [-0.1, -0.05) is 0 Å². The second-order valence-corrected chi connectivity index (χ2v) is 4.80. The average Bonchev–Trinajstić information content (AvgIpc) is 3.19. The fourth-order valence-corrected chi connectivity index (χ4v) is 1.83. The van der Waals surface area contributed by atoms with Gasteiger partial charge in [0.05, 0.1) is 16.8 Å². The maximum absolute atomic E-state index is 11.9. The quantitative estimate of drug-likeness (QED) is 0.752. The lowest BCUT2D eigenvalue weighted by molar-refractivity contribution is -0.124. The first kappa shape index (κ1) is 9.72. The zero-order chi connectivity index (χ0) is 11.2. The monoisotopic (exact) mass is 218 g/mol. The summed E-state index contributed by atoms with van der Waals surface area (Å²) in [6.07, 6.45) is 5.05.